The fourth-order valence-electron chi connectivity index (χ4n) is 5.00. The lowest BCUT2D eigenvalue weighted by Gasteiger charge is -2.35. The van der Waals surface area contributed by atoms with Crippen molar-refractivity contribution >= 4 is 60.1 Å². The van der Waals surface area contributed by atoms with Crippen molar-refractivity contribution in [2.45, 2.75) is 35.8 Å². The lowest BCUT2D eigenvalue weighted by atomic mass is 9.94. The Balaban J connectivity index is 1.29. The van der Waals surface area contributed by atoms with E-state index in [0.717, 1.165) is 49.7 Å². The SMILES string of the molecule is C=CC(C1CCCN(CC2CC2)C1)S(=O)(=O)c1ccc2nc(NC(=O)NC(=O)c3ccccc3Cl)sc2c1. The number of thiazole rings is 1. The third kappa shape index (κ3) is 5.93. The van der Waals surface area contributed by atoms with Crippen LogP contribution in [0.2, 0.25) is 5.02 Å². The fraction of sp³-hybridized carbons (Fsp3) is 0.370. The zero-order valence-electron chi connectivity index (χ0n) is 20.7. The Hall–Kier alpha value is -2.79. The summed E-state index contributed by atoms with van der Waals surface area (Å²) in [4.78, 5) is 31.7. The van der Waals surface area contributed by atoms with Gasteiger partial charge in [0, 0.05) is 13.1 Å². The van der Waals surface area contributed by atoms with Crippen molar-refractivity contribution in [2.75, 3.05) is 25.0 Å². The number of anilines is 1. The maximum Gasteiger partial charge on any atom is 0.327 e. The molecule has 2 aliphatic rings. The van der Waals surface area contributed by atoms with Crippen LogP contribution >= 0.6 is 22.9 Å². The average Bonchev–Trinajstić information content (AvgIpc) is 3.60. The van der Waals surface area contributed by atoms with Gasteiger partial charge in [0.2, 0.25) is 0 Å². The molecule has 200 valence electrons. The summed E-state index contributed by atoms with van der Waals surface area (Å²) in [7, 11) is -3.67. The smallest absolute Gasteiger partial charge is 0.303 e. The topological polar surface area (TPSA) is 108 Å². The number of sulfone groups is 1. The number of fused-ring (bicyclic) bond motifs is 1. The average molecular weight is 573 g/mol. The van der Waals surface area contributed by atoms with E-state index in [1.807, 2.05) is 0 Å². The van der Waals surface area contributed by atoms with Crippen molar-refractivity contribution in [1.82, 2.24) is 15.2 Å². The third-order valence-electron chi connectivity index (χ3n) is 7.06. The summed E-state index contributed by atoms with van der Waals surface area (Å²) < 4.78 is 28.0. The number of aromatic nitrogens is 1. The van der Waals surface area contributed by atoms with Gasteiger partial charge >= 0.3 is 6.03 Å². The molecule has 1 saturated carbocycles. The van der Waals surface area contributed by atoms with Crippen molar-refractivity contribution in [2.24, 2.45) is 11.8 Å². The summed E-state index contributed by atoms with van der Waals surface area (Å²) in [6.45, 7) is 6.73. The van der Waals surface area contributed by atoms with Crippen molar-refractivity contribution in [3.05, 3.63) is 65.7 Å². The minimum absolute atomic E-state index is 0.00117. The number of hydrogen-bond acceptors (Lipinski definition) is 7. The zero-order valence-corrected chi connectivity index (χ0v) is 23.1. The molecule has 8 nitrogen and oxygen atoms in total. The van der Waals surface area contributed by atoms with Gasteiger partial charge in [-0.2, -0.15) is 0 Å². The van der Waals surface area contributed by atoms with Gasteiger partial charge < -0.3 is 4.90 Å². The normalized spacial score (nSPS) is 19.1. The number of carbonyl (C=O) groups is 2. The summed E-state index contributed by atoms with van der Waals surface area (Å²) in [5.41, 5.74) is 0.721. The van der Waals surface area contributed by atoms with Gasteiger partial charge in [0.1, 0.15) is 0 Å². The van der Waals surface area contributed by atoms with Gasteiger partial charge in [0.25, 0.3) is 5.91 Å². The molecule has 0 bridgehead atoms. The number of piperidine rings is 1. The number of amides is 3. The van der Waals surface area contributed by atoms with E-state index in [-0.39, 0.29) is 26.5 Å². The highest BCUT2D eigenvalue weighted by Crippen LogP contribution is 2.35. The molecule has 0 radical (unpaired) electrons. The summed E-state index contributed by atoms with van der Waals surface area (Å²) in [5, 5.41) is 4.56. The van der Waals surface area contributed by atoms with Crippen molar-refractivity contribution in [1.29, 1.82) is 0 Å². The molecule has 2 fully saturated rings. The molecule has 2 aromatic carbocycles. The molecule has 38 heavy (non-hydrogen) atoms. The summed E-state index contributed by atoms with van der Waals surface area (Å²) >= 11 is 7.15. The number of halogens is 1. The number of hydrogen-bond donors (Lipinski definition) is 2. The number of likely N-dealkylation sites (tertiary alicyclic amines) is 1. The molecule has 11 heteroatoms. The second-order valence-electron chi connectivity index (χ2n) is 9.89. The summed E-state index contributed by atoms with van der Waals surface area (Å²) in [6, 6.07) is 10.4. The predicted molar refractivity (Wildman–Crippen MR) is 151 cm³/mol. The van der Waals surface area contributed by atoms with Gasteiger partial charge in [0.05, 0.1) is 30.9 Å². The molecule has 0 spiro atoms. The highest BCUT2D eigenvalue weighted by atomic mass is 35.5. The predicted octanol–water partition coefficient (Wildman–Crippen LogP) is 5.36. The number of imide groups is 1. The van der Waals surface area contributed by atoms with Gasteiger partial charge in [-0.15, -0.1) is 6.58 Å². The van der Waals surface area contributed by atoms with Crippen LogP contribution in [-0.2, 0) is 9.84 Å². The molecular formula is C27H29ClN4O4S2. The Kier molecular flexibility index (Phi) is 7.85. The number of urea groups is 1. The van der Waals surface area contributed by atoms with Crippen LogP contribution in [0.3, 0.4) is 0 Å². The molecule has 2 atom stereocenters. The largest absolute Gasteiger partial charge is 0.327 e. The number of benzene rings is 2. The zero-order chi connectivity index (χ0) is 26.9. The van der Waals surface area contributed by atoms with Gasteiger partial charge in [-0.3, -0.25) is 15.4 Å². The first-order valence-corrected chi connectivity index (χ1v) is 15.3. The van der Waals surface area contributed by atoms with E-state index in [4.69, 9.17) is 11.6 Å². The molecule has 3 aromatic rings. The number of nitrogens with one attached hydrogen (secondary N) is 2. The molecule has 1 saturated heterocycles. The molecule has 5 rings (SSSR count). The maximum absolute atomic E-state index is 13.7. The van der Waals surface area contributed by atoms with E-state index in [2.05, 4.69) is 27.1 Å². The Labute approximate surface area is 231 Å². The molecule has 3 amide bonds. The van der Waals surface area contributed by atoms with E-state index in [1.165, 1.54) is 18.9 Å². The second kappa shape index (κ2) is 11.1. The van der Waals surface area contributed by atoms with Crippen LogP contribution in [0.25, 0.3) is 10.2 Å². The Morgan fingerprint density at radius 3 is 2.74 bits per heavy atom. The molecule has 1 aliphatic heterocycles. The Morgan fingerprint density at radius 2 is 2.00 bits per heavy atom. The highest BCUT2D eigenvalue weighted by molar-refractivity contribution is 7.92. The van der Waals surface area contributed by atoms with Gasteiger partial charge in [-0.25, -0.2) is 18.2 Å². The standard InChI is InChI=1S/C27H29ClN4O4S2/c1-2-24(18-6-5-13-32(16-18)15-17-9-10-17)38(35,36)19-11-12-22-23(14-19)37-27(29-22)31-26(34)30-25(33)20-7-3-4-8-21(20)28/h2-4,7-8,11-12,14,17-18,24H,1,5-6,9-10,13,15-16H2,(H2,29,30,31,33,34). The summed E-state index contributed by atoms with van der Waals surface area (Å²) in [5.74, 6) is 0.121. The molecule has 2 heterocycles. The van der Waals surface area contributed by atoms with Crippen molar-refractivity contribution in [3.8, 4) is 0 Å². The van der Waals surface area contributed by atoms with Crippen molar-refractivity contribution in [3.63, 3.8) is 0 Å². The monoisotopic (exact) mass is 572 g/mol. The van der Waals surface area contributed by atoms with E-state index >= 15 is 0 Å². The Morgan fingerprint density at radius 1 is 1.21 bits per heavy atom. The Bertz CT molecular complexity index is 1490. The van der Waals surface area contributed by atoms with E-state index in [9.17, 15) is 18.0 Å². The van der Waals surface area contributed by atoms with Gasteiger partial charge in [-0.05, 0) is 74.4 Å². The van der Waals surface area contributed by atoms with Crippen LogP contribution in [-0.4, -0.2) is 55.1 Å². The summed E-state index contributed by atoms with van der Waals surface area (Å²) in [6.07, 6.45) is 5.97. The van der Waals surface area contributed by atoms with E-state index in [1.54, 1.807) is 42.5 Å². The first kappa shape index (κ1) is 26.8. The lowest BCUT2D eigenvalue weighted by molar-refractivity contribution is 0.0967. The fourth-order valence-corrected chi connectivity index (χ4v) is 8.03. The van der Waals surface area contributed by atoms with Crippen LogP contribution < -0.4 is 10.6 Å². The number of nitrogens with zero attached hydrogens (tertiary/aromatic N) is 2. The second-order valence-corrected chi connectivity index (χ2v) is 13.4. The number of rotatable bonds is 8. The van der Waals surface area contributed by atoms with E-state index in [0.29, 0.717) is 10.2 Å². The first-order chi connectivity index (χ1) is 18.2. The molecular weight excluding hydrogens is 544 g/mol. The van der Waals surface area contributed by atoms with E-state index < -0.39 is 27.0 Å². The first-order valence-electron chi connectivity index (χ1n) is 12.6. The van der Waals surface area contributed by atoms with Gasteiger partial charge in [0.15, 0.2) is 15.0 Å². The van der Waals surface area contributed by atoms with Crippen LogP contribution in [0.5, 0.6) is 0 Å². The maximum atomic E-state index is 13.7. The minimum atomic E-state index is -3.67. The van der Waals surface area contributed by atoms with Crippen LogP contribution in [0.4, 0.5) is 9.93 Å². The molecule has 1 aromatic heterocycles. The highest BCUT2D eigenvalue weighted by Gasteiger charge is 2.36. The molecule has 2 unspecified atom stereocenters. The number of carbonyl (C=O) groups excluding carboxylic acids is 2. The van der Waals surface area contributed by atoms with Crippen LogP contribution in [0.15, 0.2) is 60.0 Å². The van der Waals surface area contributed by atoms with Crippen LogP contribution in [0.1, 0.15) is 36.0 Å². The third-order valence-corrected chi connectivity index (χ3v) is 10.5. The quantitative estimate of drug-likeness (QED) is 0.352. The lowest BCUT2D eigenvalue weighted by Crippen LogP contribution is -2.43. The van der Waals surface area contributed by atoms with Crippen LogP contribution in [0, 0.1) is 11.8 Å². The van der Waals surface area contributed by atoms with Crippen molar-refractivity contribution < 1.29 is 18.0 Å². The molecule has 2 N–H and O–H groups in total. The van der Waals surface area contributed by atoms with Gasteiger partial charge in [-0.1, -0.05) is 41.1 Å². The molecule has 1 aliphatic carbocycles. The minimum Gasteiger partial charge on any atom is -0.303 e.